The zero-order chi connectivity index (χ0) is 19.4. The monoisotopic (exact) mass is 417 g/mol. The molecular weight excluding hydrogens is 397 g/mol. The van der Waals surface area contributed by atoms with E-state index in [-0.39, 0.29) is 5.75 Å². The normalized spacial score (nSPS) is 10.8. The van der Waals surface area contributed by atoms with E-state index in [9.17, 15) is 5.11 Å². The van der Waals surface area contributed by atoms with E-state index in [1.54, 1.807) is 18.0 Å². The molecule has 1 N–H and O–H groups in total. The number of phenolic OH excluding ortho intramolecular Hbond substituents is 1. The number of aromatic hydroxyl groups is 1. The predicted octanol–water partition coefficient (Wildman–Crippen LogP) is 7.28. The van der Waals surface area contributed by atoms with Gasteiger partial charge in [0.05, 0.1) is 17.3 Å². The number of aryl methyl sites for hydroxylation is 1. The topological polar surface area (TPSA) is 23.5 Å². The van der Waals surface area contributed by atoms with Crippen LogP contribution < -0.4 is 4.31 Å². The third kappa shape index (κ3) is 4.55. The molecule has 0 fully saturated rings. The molecule has 0 bridgehead atoms. The number of nitrogens with zero attached hydrogens (tertiary/aromatic N) is 1. The Morgan fingerprint density at radius 1 is 1.00 bits per heavy atom. The number of anilines is 1. The Hall–Kier alpha value is -1.81. The Morgan fingerprint density at radius 3 is 2.33 bits per heavy atom. The van der Waals surface area contributed by atoms with Crippen molar-refractivity contribution in [2.75, 3.05) is 4.31 Å². The van der Waals surface area contributed by atoms with Crippen LogP contribution in [-0.4, -0.2) is 5.11 Å². The van der Waals surface area contributed by atoms with E-state index < -0.39 is 0 Å². The first kappa shape index (κ1) is 19.9. The van der Waals surface area contributed by atoms with Crippen LogP contribution in [0, 0.1) is 6.92 Å². The highest BCUT2D eigenvalue weighted by molar-refractivity contribution is 8.00. The zero-order valence-corrected chi connectivity index (χ0v) is 17.6. The third-order valence-electron chi connectivity index (χ3n) is 4.36. The first-order chi connectivity index (χ1) is 13.0. The fraction of sp³-hybridized carbons (Fsp3) is 0.182. The van der Waals surface area contributed by atoms with Gasteiger partial charge in [0, 0.05) is 9.92 Å². The predicted molar refractivity (Wildman–Crippen MR) is 117 cm³/mol. The van der Waals surface area contributed by atoms with E-state index in [4.69, 9.17) is 23.2 Å². The number of phenols is 1. The zero-order valence-electron chi connectivity index (χ0n) is 15.2. The van der Waals surface area contributed by atoms with Crippen molar-refractivity contribution in [3.8, 4) is 5.75 Å². The Bertz CT molecular complexity index is 931. The summed E-state index contributed by atoms with van der Waals surface area (Å²) in [6.07, 6.45) is 0.662. The molecule has 2 nitrogen and oxygen atoms in total. The molecule has 3 rings (SSSR count). The molecule has 140 valence electrons. The molecule has 3 aromatic rings. The van der Waals surface area contributed by atoms with Crippen molar-refractivity contribution in [3.63, 3.8) is 0 Å². The lowest BCUT2D eigenvalue weighted by Gasteiger charge is -2.26. The van der Waals surface area contributed by atoms with Gasteiger partial charge in [-0.2, -0.15) is 0 Å². The maximum Gasteiger partial charge on any atom is 0.158 e. The van der Waals surface area contributed by atoms with Crippen molar-refractivity contribution >= 4 is 40.8 Å². The van der Waals surface area contributed by atoms with E-state index in [1.807, 2.05) is 41.6 Å². The molecule has 27 heavy (non-hydrogen) atoms. The third-order valence-corrected chi connectivity index (χ3v) is 6.31. The van der Waals surface area contributed by atoms with Crippen LogP contribution in [0.25, 0.3) is 0 Å². The fourth-order valence-electron chi connectivity index (χ4n) is 2.84. The molecule has 0 atom stereocenters. The maximum absolute atomic E-state index is 10.8. The Labute approximate surface area is 174 Å². The number of benzene rings is 3. The minimum Gasteiger partial charge on any atom is -0.504 e. The summed E-state index contributed by atoms with van der Waals surface area (Å²) in [6, 6.07) is 20.1. The van der Waals surface area contributed by atoms with E-state index in [1.165, 1.54) is 5.56 Å². The highest BCUT2D eigenvalue weighted by Crippen LogP contribution is 2.45. The summed E-state index contributed by atoms with van der Waals surface area (Å²) >= 11 is 14.4. The van der Waals surface area contributed by atoms with Gasteiger partial charge in [-0.1, -0.05) is 78.7 Å². The number of hydrogen-bond acceptors (Lipinski definition) is 3. The van der Waals surface area contributed by atoms with Crippen molar-refractivity contribution in [3.05, 3.63) is 87.4 Å². The number of halogens is 2. The van der Waals surface area contributed by atoms with Crippen LogP contribution in [0.1, 0.15) is 23.6 Å². The second kappa shape index (κ2) is 8.92. The molecule has 3 aromatic carbocycles. The molecule has 5 heteroatoms. The van der Waals surface area contributed by atoms with Gasteiger partial charge in [-0.15, -0.1) is 0 Å². The van der Waals surface area contributed by atoms with Gasteiger partial charge in [-0.3, -0.25) is 0 Å². The van der Waals surface area contributed by atoms with E-state index >= 15 is 0 Å². The molecular formula is C22H21Cl2NOS. The van der Waals surface area contributed by atoms with Crippen LogP contribution in [0.2, 0.25) is 10.0 Å². The second-order valence-corrected chi connectivity index (χ2v) is 8.10. The van der Waals surface area contributed by atoms with E-state index in [2.05, 4.69) is 31.2 Å². The molecule has 0 unspecified atom stereocenters. The fourth-order valence-corrected chi connectivity index (χ4v) is 4.60. The highest BCUT2D eigenvalue weighted by Gasteiger charge is 2.20. The van der Waals surface area contributed by atoms with E-state index in [0.29, 0.717) is 28.7 Å². The molecule has 0 radical (unpaired) electrons. The molecule has 0 saturated carbocycles. The van der Waals surface area contributed by atoms with Crippen LogP contribution in [0.3, 0.4) is 0 Å². The van der Waals surface area contributed by atoms with Crippen molar-refractivity contribution in [1.29, 1.82) is 0 Å². The van der Waals surface area contributed by atoms with Gasteiger partial charge in [0.2, 0.25) is 0 Å². The summed E-state index contributed by atoms with van der Waals surface area (Å²) in [4.78, 5) is 1.11. The molecule has 0 amide bonds. The lowest BCUT2D eigenvalue weighted by atomic mass is 10.1. The summed E-state index contributed by atoms with van der Waals surface area (Å²) in [7, 11) is 0. The quantitative estimate of drug-likeness (QED) is 0.426. The van der Waals surface area contributed by atoms with Crippen molar-refractivity contribution < 1.29 is 5.11 Å². The Kier molecular flexibility index (Phi) is 6.59. The largest absolute Gasteiger partial charge is 0.504 e. The smallest absolute Gasteiger partial charge is 0.158 e. The van der Waals surface area contributed by atoms with E-state index in [0.717, 1.165) is 16.0 Å². The molecule has 0 aliphatic carbocycles. The highest BCUT2D eigenvalue weighted by atomic mass is 35.5. The van der Waals surface area contributed by atoms with Crippen LogP contribution in [0.4, 0.5) is 5.69 Å². The molecule has 0 aliphatic heterocycles. The second-order valence-electron chi connectivity index (χ2n) is 6.25. The van der Waals surface area contributed by atoms with Crippen LogP contribution in [0.15, 0.2) is 65.6 Å². The molecule has 0 spiro atoms. The summed E-state index contributed by atoms with van der Waals surface area (Å²) in [6.45, 7) is 4.64. The molecule has 0 aromatic heterocycles. The van der Waals surface area contributed by atoms with Crippen molar-refractivity contribution in [2.45, 2.75) is 31.7 Å². The number of hydrogen-bond donors (Lipinski definition) is 1. The summed E-state index contributed by atoms with van der Waals surface area (Å²) in [5.74, 6) is 0.0648. The SMILES string of the molecule is CCc1c(Cl)cc(N(Cc2ccccc2)Sc2ccccc2C)c(O)c1Cl. The lowest BCUT2D eigenvalue weighted by Crippen LogP contribution is -2.14. The summed E-state index contributed by atoms with van der Waals surface area (Å²) in [5, 5.41) is 11.7. The molecule has 0 heterocycles. The molecule has 0 saturated heterocycles. The average Bonchev–Trinajstić information content (AvgIpc) is 2.67. The summed E-state index contributed by atoms with van der Waals surface area (Å²) < 4.78 is 2.03. The van der Waals surface area contributed by atoms with Gasteiger partial charge in [-0.25, -0.2) is 0 Å². The van der Waals surface area contributed by atoms with Gasteiger partial charge in [0.25, 0.3) is 0 Å². The Morgan fingerprint density at radius 2 is 1.67 bits per heavy atom. The minimum atomic E-state index is 0.0648. The number of rotatable bonds is 6. The maximum atomic E-state index is 10.8. The van der Waals surface area contributed by atoms with Gasteiger partial charge in [-0.05, 0) is 54.1 Å². The van der Waals surface area contributed by atoms with Crippen LogP contribution >= 0.6 is 35.1 Å². The van der Waals surface area contributed by atoms with Gasteiger partial charge in [0.1, 0.15) is 0 Å². The van der Waals surface area contributed by atoms with Crippen LogP contribution in [0.5, 0.6) is 5.75 Å². The van der Waals surface area contributed by atoms with Crippen molar-refractivity contribution in [1.82, 2.24) is 0 Å². The lowest BCUT2D eigenvalue weighted by molar-refractivity contribution is 0.475. The van der Waals surface area contributed by atoms with Crippen molar-refractivity contribution in [2.24, 2.45) is 0 Å². The average molecular weight is 418 g/mol. The minimum absolute atomic E-state index is 0.0648. The first-order valence-corrected chi connectivity index (χ1v) is 10.3. The Balaban J connectivity index is 2.05. The van der Waals surface area contributed by atoms with Gasteiger partial charge in [0.15, 0.2) is 5.75 Å². The standard InChI is InChI=1S/C22H21Cl2NOS/c1-3-17-18(23)13-19(22(26)21(17)24)25(14-16-10-5-4-6-11-16)27-20-12-8-7-9-15(20)2/h4-13,26H,3,14H2,1-2H3. The molecule has 0 aliphatic rings. The first-order valence-electron chi connectivity index (χ1n) is 8.76. The van der Waals surface area contributed by atoms with Gasteiger partial charge < -0.3 is 9.41 Å². The summed E-state index contributed by atoms with van der Waals surface area (Å²) in [5.41, 5.74) is 3.67. The van der Waals surface area contributed by atoms with Crippen LogP contribution in [-0.2, 0) is 13.0 Å². The van der Waals surface area contributed by atoms with Gasteiger partial charge >= 0.3 is 0 Å².